The van der Waals surface area contributed by atoms with E-state index in [2.05, 4.69) is 0 Å². The van der Waals surface area contributed by atoms with Crippen LogP contribution in [0.15, 0.2) is 0 Å². The lowest BCUT2D eigenvalue weighted by Gasteiger charge is -2.47. The van der Waals surface area contributed by atoms with Crippen molar-refractivity contribution in [1.82, 2.24) is 0 Å². The zero-order chi connectivity index (χ0) is 21.8. The van der Waals surface area contributed by atoms with Gasteiger partial charge in [-0.3, -0.25) is 4.79 Å². The maximum atomic E-state index is 13.4. The van der Waals surface area contributed by atoms with Gasteiger partial charge in [0, 0.05) is 0 Å². The number of hydrogen-bond acceptors (Lipinski definition) is 10. The Morgan fingerprint density at radius 1 is 1.03 bits per heavy atom. The topological polar surface area (TPSA) is 149 Å². The summed E-state index contributed by atoms with van der Waals surface area (Å²) in [6, 6.07) is 0. The molecule has 4 aliphatic heterocycles. The molecule has 6 fully saturated rings. The number of carbonyl (C=O) groups is 3. The molecule has 0 aromatic rings. The third kappa shape index (κ3) is 1.33. The van der Waals surface area contributed by atoms with Crippen LogP contribution in [0.2, 0.25) is 0 Å². The van der Waals surface area contributed by atoms with Crippen molar-refractivity contribution in [3.63, 3.8) is 0 Å². The highest BCUT2D eigenvalue weighted by molar-refractivity contribution is 5.94. The summed E-state index contributed by atoms with van der Waals surface area (Å²) in [7, 11) is 0. The first-order chi connectivity index (χ1) is 13.8. The van der Waals surface area contributed by atoms with E-state index < -0.39 is 87.9 Å². The molecule has 164 valence electrons. The summed E-state index contributed by atoms with van der Waals surface area (Å²) < 4.78 is 22.5. The molecule has 10 nitrogen and oxygen atoms in total. The highest BCUT2D eigenvalue weighted by Crippen LogP contribution is 2.84. The van der Waals surface area contributed by atoms with Crippen molar-refractivity contribution in [3.05, 3.63) is 0 Å². The van der Waals surface area contributed by atoms with Crippen molar-refractivity contribution in [2.75, 3.05) is 0 Å². The molecule has 10 heteroatoms. The molecule has 4 saturated heterocycles. The number of ether oxygens (including phenoxy) is 4. The van der Waals surface area contributed by atoms with Crippen molar-refractivity contribution in [1.29, 1.82) is 0 Å². The van der Waals surface area contributed by atoms with Crippen LogP contribution in [-0.4, -0.2) is 75.1 Å². The standard InChI is InChI=1S/C20H24O10/c1-6-12(23)28-11-9(21)18-8-5-7(16(2,3)4)17(18)10(22)13(24)29-15(17)30-20(18,14(25)27-8)19(6,11)26/h6-11,15,21-22,26H,5H2,1-4H3/t6-,7+,8?,9-,10+,11+,15+,17?,18?,19-,20?/m1/s1. The number of aliphatic hydroxyl groups is 3. The zero-order valence-electron chi connectivity index (χ0n) is 16.9. The molecule has 6 aliphatic rings. The molecule has 0 radical (unpaired) electrons. The van der Waals surface area contributed by atoms with E-state index in [-0.39, 0.29) is 6.42 Å². The van der Waals surface area contributed by atoms with Gasteiger partial charge in [-0.2, -0.15) is 0 Å². The van der Waals surface area contributed by atoms with E-state index in [1.54, 1.807) is 0 Å². The molecule has 4 heterocycles. The Hall–Kier alpha value is -1.75. The molecule has 11 atom stereocenters. The minimum Gasteiger partial charge on any atom is -0.459 e. The van der Waals surface area contributed by atoms with E-state index in [0.29, 0.717) is 0 Å². The van der Waals surface area contributed by atoms with Gasteiger partial charge < -0.3 is 34.3 Å². The van der Waals surface area contributed by atoms with Crippen LogP contribution in [0.3, 0.4) is 0 Å². The fourth-order valence-corrected chi connectivity index (χ4v) is 8.12. The molecule has 4 unspecified atom stereocenters. The first-order valence-electron chi connectivity index (χ1n) is 10.2. The molecule has 0 amide bonds. The fraction of sp³-hybridized carbons (Fsp3) is 0.850. The maximum absolute atomic E-state index is 13.4. The predicted octanol–water partition coefficient (Wildman–Crippen LogP) is -1.37. The van der Waals surface area contributed by atoms with Crippen LogP contribution in [-0.2, 0) is 33.3 Å². The van der Waals surface area contributed by atoms with Crippen LogP contribution >= 0.6 is 0 Å². The Morgan fingerprint density at radius 3 is 2.33 bits per heavy atom. The molecule has 0 bridgehead atoms. The van der Waals surface area contributed by atoms with Gasteiger partial charge in [0.25, 0.3) is 0 Å². The smallest absolute Gasteiger partial charge is 0.343 e. The van der Waals surface area contributed by atoms with Gasteiger partial charge in [-0.05, 0) is 24.7 Å². The van der Waals surface area contributed by atoms with Gasteiger partial charge >= 0.3 is 17.9 Å². The predicted molar refractivity (Wildman–Crippen MR) is 92.0 cm³/mol. The van der Waals surface area contributed by atoms with Crippen LogP contribution in [0.25, 0.3) is 0 Å². The number of rotatable bonds is 0. The number of esters is 3. The third-order valence-electron chi connectivity index (χ3n) is 9.00. The molecule has 2 aliphatic carbocycles. The Morgan fingerprint density at radius 2 is 1.70 bits per heavy atom. The number of carbonyl (C=O) groups excluding carboxylic acids is 3. The van der Waals surface area contributed by atoms with Crippen LogP contribution in [0, 0.1) is 28.1 Å². The second-order valence-corrected chi connectivity index (χ2v) is 10.7. The maximum Gasteiger partial charge on any atom is 0.343 e. The van der Waals surface area contributed by atoms with E-state index >= 15 is 0 Å². The molecule has 30 heavy (non-hydrogen) atoms. The van der Waals surface area contributed by atoms with Gasteiger partial charge in [0.05, 0.1) is 16.7 Å². The van der Waals surface area contributed by atoms with Crippen molar-refractivity contribution < 1.29 is 48.7 Å². The Balaban J connectivity index is 1.72. The number of hydrogen-bond donors (Lipinski definition) is 3. The number of fused-ring (bicyclic) bond motifs is 1. The SMILES string of the molecule is C[C@@H]1C(=O)O[C@H]2[C@@H](O)C34C5C[C@@H](C(C)(C)C)C36[C@@H](OC(=O)[C@@H]6O)OC4(C(=O)O5)[C@@]12O. The second kappa shape index (κ2) is 4.69. The Kier molecular flexibility index (Phi) is 2.97. The number of aliphatic hydroxyl groups excluding tert-OH is 2. The van der Waals surface area contributed by atoms with Crippen LogP contribution in [0.5, 0.6) is 0 Å². The van der Waals surface area contributed by atoms with Gasteiger partial charge in [-0.25, -0.2) is 9.59 Å². The molecular formula is C20H24O10. The summed E-state index contributed by atoms with van der Waals surface area (Å²) in [5.41, 5.74) is -8.26. The van der Waals surface area contributed by atoms with Crippen molar-refractivity contribution in [3.8, 4) is 0 Å². The van der Waals surface area contributed by atoms with Crippen LogP contribution in [0.4, 0.5) is 0 Å². The van der Waals surface area contributed by atoms with E-state index in [4.69, 9.17) is 18.9 Å². The van der Waals surface area contributed by atoms with Crippen molar-refractivity contribution >= 4 is 17.9 Å². The molecule has 3 N–H and O–H groups in total. The molecule has 0 aromatic heterocycles. The summed E-state index contributed by atoms with van der Waals surface area (Å²) in [5.74, 6) is -4.32. The summed E-state index contributed by atoms with van der Waals surface area (Å²) in [6.07, 6.45) is -6.91. The average Bonchev–Trinajstić information content (AvgIpc) is 3.35. The molecule has 6 rings (SSSR count). The molecular weight excluding hydrogens is 400 g/mol. The minimum atomic E-state index is -2.24. The van der Waals surface area contributed by atoms with Gasteiger partial charge in [-0.1, -0.05) is 20.8 Å². The summed E-state index contributed by atoms with van der Waals surface area (Å²) in [5, 5.41) is 34.7. The molecule has 2 spiro atoms. The van der Waals surface area contributed by atoms with Gasteiger partial charge in [0.1, 0.15) is 12.2 Å². The lowest BCUT2D eigenvalue weighted by molar-refractivity contribution is -0.239. The molecule has 0 aromatic carbocycles. The van der Waals surface area contributed by atoms with Crippen molar-refractivity contribution in [2.45, 2.75) is 76.0 Å². The molecule has 2 saturated carbocycles. The lowest BCUT2D eigenvalue weighted by atomic mass is 9.51. The van der Waals surface area contributed by atoms with Gasteiger partial charge in [0.2, 0.25) is 11.9 Å². The van der Waals surface area contributed by atoms with Crippen LogP contribution in [0.1, 0.15) is 34.1 Å². The lowest BCUT2D eigenvalue weighted by Crippen LogP contribution is -2.67. The Labute approximate surface area is 171 Å². The first-order valence-corrected chi connectivity index (χ1v) is 10.2. The van der Waals surface area contributed by atoms with E-state index in [1.807, 2.05) is 20.8 Å². The largest absolute Gasteiger partial charge is 0.459 e. The zero-order valence-corrected chi connectivity index (χ0v) is 16.9. The van der Waals surface area contributed by atoms with Gasteiger partial charge in [0.15, 0.2) is 17.8 Å². The summed E-state index contributed by atoms with van der Waals surface area (Å²) in [6.45, 7) is 7.14. The summed E-state index contributed by atoms with van der Waals surface area (Å²) >= 11 is 0. The third-order valence-corrected chi connectivity index (χ3v) is 9.00. The average molecular weight is 424 g/mol. The highest BCUT2D eigenvalue weighted by atomic mass is 16.8. The van der Waals surface area contributed by atoms with E-state index in [9.17, 15) is 29.7 Å². The van der Waals surface area contributed by atoms with Gasteiger partial charge in [-0.15, -0.1) is 0 Å². The summed E-state index contributed by atoms with van der Waals surface area (Å²) in [4.78, 5) is 38.2. The van der Waals surface area contributed by atoms with E-state index in [1.165, 1.54) is 6.92 Å². The second-order valence-electron chi connectivity index (χ2n) is 10.7. The van der Waals surface area contributed by atoms with E-state index in [0.717, 1.165) is 0 Å². The monoisotopic (exact) mass is 424 g/mol. The minimum absolute atomic E-state index is 0.229. The first kappa shape index (κ1) is 19.0. The van der Waals surface area contributed by atoms with Crippen LogP contribution < -0.4 is 0 Å². The Bertz CT molecular complexity index is 925. The van der Waals surface area contributed by atoms with Crippen molar-refractivity contribution in [2.24, 2.45) is 28.1 Å². The highest BCUT2D eigenvalue weighted by Gasteiger charge is 3.03. The normalized spacial score (nSPS) is 60.1. The fourth-order valence-electron chi connectivity index (χ4n) is 8.12. The quantitative estimate of drug-likeness (QED) is 0.314.